The van der Waals surface area contributed by atoms with Crippen LogP contribution in [0.1, 0.15) is 32.0 Å². The van der Waals surface area contributed by atoms with Gasteiger partial charge in [0, 0.05) is 11.1 Å². The van der Waals surface area contributed by atoms with Crippen molar-refractivity contribution in [3.8, 4) is 0 Å². The maximum absolute atomic E-state index is 12.0. The van der Waals surface area contributed by atoms with Gasteiger partial charge in [-0.05, 0) is 28.5 Å². The average molecular weight is 259 g/mol. The van der Waals surface area contributed by atoms with E-state index in [0.717, 1.165) is 10.9 Å². The molecule has 0 bridgehead atoms. The first kappa shape index (κ1) is 13.3. The Kier molecular flexibility index (Phi) is 3.18. The van der Waals surface area contributed by atoms with Crippen molar-refractivity contribution < 1.29 is 9.90 Å². The second-order valence-electron chi connectivity index (χ2n) is 5.75. The predicted molar refractivity (Wildman–Crippen MR) is 74.6 cm³/mol. The fourth-order valence-corrected chi connectivity index (χ4v) is 2.04. The van der Waals surface area contributed by atoms with Crippen molar-refractivity contribution in [2.24, 2.45) is 0 Å². The Bertz CT molecular complexity index is 693. The van der Waals surface area contributed by atoms with Gasteiger partial charge in [0.05, 0.1) is 6.42 Å². The van der Waals surface area contributed by atoms with Gasteiger partial charge < -0.3 is 10.1 Å². The number of pyridine rings is 1. The minimum absolute atomic E-state index is 0.0274. The van der Waals surface area contributed by atoms with Crippen molar-refractivity contribution in [1.29, 1.82) is 0 Å². The molecule has 0 atom stereocenters. The lowest BCUT2D eigenvalue weighted by molar-refractivity contribution is -0.136. The lowest BCUT2D eigenvalue weighted by Crippen LogP contribution is -2.15. The highest BCUT2D eigenvalue weighted by atomic mass is 16.4. The molecule has 0 fully saturated rings. The van der Waals surface area contributed by atoms with E-state index in [1.54, 1.807) is 6.07 Å². The topological polar surface area (TPSA) is 70.2 Å². The third kappa shape index (κ3) is 2.84. The number of aromatic nitrogens is 1. The van der Waals surface area contributed by atoms with Crippen LogP contribution in [0.5, 0.6) is 0 Å². The van der Waals surface area contributed by atoms with Crippen LogP contribution in [0.15, 0.2) is 29.1 Å². The van der Waals surface area contributed by atoms with E-state index in [4.69, 9.17) is 5.11 Å². The molecule has 0 aliphatic rings. The number of rotatable bonds is 2. The minimum Gasteiger partial charge on any atom is -0.481 e. The molecule has 0 spiro atoms. The fraction of sp³-hybridized carbons (Fsp3) is 0.333. The van der Waals surface area contributed by atoms with E-state index in [1.165, 1.54) is 0 Å². The maximum atomic E-state index is 12.0. The predicted octanol–water partition coefficient (Wildman–Crippen LogP) is 2.45. The van der Waals surface area contributed by atoms with Gasteiger partial charge in [-0.2, -0.15) is 0 Å². The molecule has 1 aromatic carbocycles. The number of nitrogens with one attached hydrogen (secondary N) is 1. The Morgan fingerprint density at radius 1 is 1.26 bits per heavy atom. The van der Waals surface area contributed by atoms with Crippen LogP contribution in [0.3, 0.4) is 0 Å². The minimum atomic E-state index is -0.957. The summed E-state index contributed by atoms with van der Waals surface area (Å²) in [7, 11) is 0. The van der Waals surface area contributed by atoms with Crippen molar-refractivity contribution in [2.45, 2.75) is 32.6 Å². The largest absolute Gasteiger partial charge is 0.481 e. The molecular formula is C15H17NO3. The van der Waals surface area contributed by atoms with Gasteiger partial charge in [-0.25, -0.2) is 0 Å². The monoisotopic (exact) mass is 259 g/mol. The standard InChI is InChI=1S/C15H17NO3/c1-15(2,3)10-5-4-9-6-11(8-13(17)18)16-14(19)12(9)7-10/h4-7H,8H2,1-3H3,(H,16,19)(H,17,18). The van der Waals surface area contributed by atoms with Crippen LogP contribution in [-0.2, 0) is 16.6 Å². The first-order valence-corrected chi connectivity index (χ1v) is 6.15. The summed E-state index contributed by atoms with van der Waals surface area (Å²) in [6, 6.07) is 7.44. The molecule has 2 N–H and O–H groups in total. The zero-order chi connectivity index (χ0) is 14.2. The van der Waals surface area contributed by atoms with Crippen LogP contribution in [0.4, 0.5) is 0 Å². The Morgan fingerprint density at radius 2 is 1.95 bits per heavy atom. The highest BCUT2D eigenvalue weighted by Crippen LogP contribution is 2.24. The molecule has 4 heteroatoms. The number of H-pyrrole nitrogens is 1. The number of carbonyl (C=O) groups is 1. The quantitative estimate of drug-likeness (QED) is 0.870. The molecule has 0 aliphatic carbocycles. The van der Waals surface area contributed by atoms with Gasteiger partial charge in [-0.3, -0.25) is 9.59 Å². The summed E-state index contributed by atoms with van der Waals surface area (Å²) >= 11 is 0. The fourth-order valence-electron chi connectivity index (χ4n) is 2.04. The normalized spacial score (nSPS) is 11.7. The van der Waals surface area contributed by atoms with Crippen LogP contribution in [0, 0.1) is 0 Å². The zero-order valence-corrected chi connectivity index (χ0v) is 11.3. The van der Waals surface area contributed by atoms with Crippen LogP contribution >= 0.6 is 0 Å². The van der Waals surface area contributed by atoms with Crippen LogP contribution in [-0.4, -0.2) is 16.1 Å². The number of aliphatic carboxylic acids is 1. The maximum Gasteiger partial charge on any atom is 0.309 e. The molecule has 100 valence electrons. The van der Waals surface area contributed by atoms with Crippen molar-refractivity contribution in [3.05, 3.63) is 45.9 Å². The van der Waals surface area contributed by atoms with Gasteiger partial charge in [0.1, 0.15) is 0 Å². The number of carboxylic acids is 1. The van der Waals surface area contributed by atoms with Crippen LogP contribution in [0.25, 0.3) is 10.8 Å². The number of carboxylic acid groups (broad SMARTS) is 1. The van der Waals surface area contributed by atoms with E-state index in [9.17, 15) is 9.59 Å². The third-order valence-electron chi connectivity index (χ3n) is 3.11. The number of hydrogen-bond acceptors (Lipinski definition) is 2. The Balaban J connectivity index is 2.60. The van der Waals surface area contributed by atoms with Gasteiger partial charge in [0.15, 0.2) is 0 Å². The summed E-state index contributed by atoms with van der Waals surface area (Å²) in [6.45, 7) is 6.25. The molecule has 0 saturated carbocycles. The molecule has 4 nitrogen and oxygen atoms in total. The van der Waals surface area contributed by atoms with Crippen molar-refractivity contribution in [1.82, 2.24) is 4.98 Å². The summed E-state index contributed by atoms with van der Waals surface area (Å²) in [5.74, 6) is -0.957. The number of aromatic amines is 1. The van der Waals surface area contributed by atoms with Crippen LogP contribution < -0.4 is 5.56 Å². The van der Waals surface area contributed by atoms with Crippen LogP contribution in [0.2, 0.25) is 0 Å². The van der Waals surface area contributed by atoms with E-state index >= 15 is 0 Å². The highest BCUT2D eigenvalue weighted by Gasteiger charge is 2.15. The highest BCUT2D eigenvalue weighted by molar-refractivity contribution is 5.83. The van der Waals surface area contributed by atoms with E-state index in [-0.39, 0.29) is 17.4 Å². The molecule has 2 aromatic rings. The molecule has 0 saturated heterocycles. The summed E-state index contributed by atoms with van der Waals surface area (Å²) in [5, 5.41) is 10.1. The summed E-state index contributed by atoms with van der Waals surface area (Å²) < 4.78 is 0. The van der Waals surface area contributed by atoms with E-state index in [0.29, 0.717) is 11.1 Å². The van der Waals surface area contributed by atoms with Gasteiger partial charge in [-0.15, -0.1) is 0 Å². The van der Waals surface area contributed by atoms with Crippen molar-refractivity contribution in [3.63, 3.8) is 0 Å². The summed E-state index contributed by atoms with van der Waals surface area (Å²) in [5.41, 5.74) is 1.24. The van der Waals surface area contributed by atoms with Gasteiger partial charge >= 0.3 is 5.97 Å². The second-order valence-corrected chi connectivity index (χ2v) is 5.75. The van der Waals surface area contributed by atoms with E-state index in [1.807, 2.05) is 18.2 Å². The number of benzene rings is 1. The van der Waals surface area contributed by atoms with Gasteiger partial charge in [0.25, 0.3) is 5.56 Å². The van der Waals surface area contributed by atoms with E-state index < -0.39 is 5.97 Å². The lowest BCUT2D eigenvalue weighted by atomic mass is 9.86. The zero-order valence-electron chi connectivity index (χ0n) is 11.3. The molecule has 2 rings (SSSR count). The SMILES string of the molecule is CC(C)(C)c1ccc2cc(CC(=O)O)[nH]c(=O)c2c1. The number of fused-ring (bicyclic) bond motifs is 1. The Labute approximate surface area is 111 Å². The van der Waals surface area contributed by atoms with Crippen molar-refractivity contribution >= 4 is 16.7 Å². The van der Waals surface area contributed by atoms with Crippen molar-refractivity contribution in [2.75, 3.05) is 0 Å². The molecule has 1 heterocycles. The molecule has 0 aliphatic heterocycles. The molecule has 0 unspecified atom stereocenters. The van der Waals surface area contributed by atoms with E-state index in [2.05, 4.69) is 25.8 Å². The summed E-state index contributed by atoms with van der Waals surface area (Å²) in [4.78, 5) is 25.3. The lowest BCUT2D eigenvalue weighted by Gasteiger charge is -2.19. The molecule has 1 aromatic heterocycles. The molecule has 0 radical (unpaired) electrons. The Hall–Kier alpha value is -2.10. The average Bonchev–Trinajstić information content (AvgIpc) is 2.26. The van der Waals surface area contributed by atoms with Gasteiger partial charge in [0.2, 0.25) is 0 Å². The number of hydrogen-bond donors (Lipinski definition) is 2. The third-order valence-corrected chi connectivity index (χ3v) is 3.11. The molecule has 19 heavy (non-hydrogen) atoms. The smallest absolute Gasteiger partial charge is 0.309 e. The Morgan fingerprint density at radius 3 is 2.53 bits per heavy atom. The first-order chi connectivity index (χ1) is 8.77. The first-order valence-electron chi connectivity index (χ1n) is 6.15. The summed E-state index contributed by atoms with van der Waals surface area (Å²) in [6.07, 6.45) is -0.174. The molecular weight excluding hydrogens is 242 g/mol. The van der Waals surface area contributed by atoms with Gasteiger partial charge in [-0.1, -0.05) is 32.9 Å². The molecule has 0 amide bonds. The second kappa shape index (κ2) is 4.53.